The predicted molar refractivity (Wildman–Crippen MR) is 57.5 cm³/mol. The molecular formula is C9H18ClNSi. The first-order valence-electron chi connectivity index (χ1n) is 4.55. The van der Waals surface area contributed by atoms with Gasteiger partial charge in [-0.1, -0.05) is 25.9 Å². The molecular weight excluding hydrogens is 186 g/mol. The van der Waals surface area contributed by atoms with Crippen molar-refractivity contribution in [1.82, 2.24) is 0 Å². The van der Waals surface area contributed by atoms with Crippen molar-refractivity contribution in [2.75, 3.05) is 5.88 Å². The fraction of sp³-hybridized carbons (Fsp3) is 0.889. The van der Waals surface area contributed by atoms with Crippen molar-refractivity contribution in [1.29, 1.82) is 5.26 Å². The van der Waals surface area contributed by atoms with E-state index in [2.05, 4.69) is 19.9 Å². The van der Waals surface area contributed by atoms with E-state index in [1.807, 2.05) is 0 Å². The van der Waals surface area contributed by atoms with Crippen LogP contribution < -0.4 is 0 Å². The third-order valence-corrected chi connectivity index (χ3v) is 5.43. The van der Waals surface area contributed by atoms with Gasteiger partial charge in [-0.2, -0.15) is 5.26 Å². The summed E-state index contributed by atoms with van der Waals surface area (Å²) in [5.41, 5.74) is 0.334. The topological polar surface area (TPSA) is 23.8 Å². The molecule has 0 amide bonds. The van der Waals surface area contributed by atoms with Crippen molar-refractivity contribution in [2.45, 2.75) is 38.8 Å². The molecule has 12 heavy (non-hydrogen) atoms. The average molecular weight is 204 g/mol. The Morgan fingerprint density at radius 1 is 1.50 bits per heavy atom. The number of hydrogen-bond donors (Lipinski definition) is 0. The monoisotopic (exact) mass is 203 g/mol. The van der Waals surface area contributed by atoms with Crippen LogP contribution in [0.15, 0.2) is 0 Å². The molecule has 0 aliphatic rings. The Bertz CT molecular complexity index is 151. The summed E-state index contributed by atoms with van der Waals surface area (Å²) in [4.78, 5) is 0. The SMILES string of the molecule is CC(C)(CCl)C[SiH2]CCCC#N. The van der Waals surface area contributed by atoms with Gasteiger partial charge >= 0.3 is 0 Å². The van der Waals surface area contributed by atoms with E-state index in [1.54, 1.807) is 0 Å². The van der Waals surface area contributed by atoms with Crippen LogP contribution in [0.2, 0.25) is 12.1 Å². The minimum absolute atomic E-state index is 0.0403. The van der Waals surface area contributed by atoms with Crippen molar-refractivity contribution in [3.63, 3.8) is 0 Å². The van der Waals surface area contributed by atoms with Crippen LogP contribution in [0.1, 0.15) is 26.7 Å². The fourth-order valence-electron chi connectivity index (χ4n) is 1.05. The molecule has 0 aliphatic heterocycles. The summed E-state index contributed by atoms with van der Waals surface area (Å²) < 4.78 is 0. The third kappa shape index (κ3) is 6.69. The minimum Gasteiger partial charge on any atom is -0.198 e. The molecule has 0 heterocycles. The second-order valence-electron chi connectivity index (χ2n) is 4.02. The zero-order valence-corrected chi connectivity index (χ0v) is 10.2. The Hall–Kier alpha value is -0.00312. The molecule has 0 atom stereocenters. The van der Waals surface area contributed by atoms with Gasteiger partial charge < -0.3 is 0 Å². The molecule has 0 aromatic rings. The highest BCUT2D eigenvalue weighted by atomic mass is 35.5. The first-order chi connectivity index (χ1) is 5.62. The van der Waals surface area contributed by atoms with E-state index in [1.165, 1.54) is 12.1 Å². The van der Waals surface area contributed by atoms with Crippen LogP contribution in [-0.4, -0.2) is 15.4 Å². The van der Waals surface area contributed by atoms with Gasteiger partial charge in [0.05, 0.1) is 6.07 Å². The van der Waals surface area contributed by atoms with Gasteiger partial charge in [-0.05, 0) is 11.8 Å². The number of unbranched alkanes of at least 4 members (excludes halogenated alkanes) is 1. The molecule has 0 aromatic carbocycles. The number of alkyl halides is 1. The standard InChI is InChI=1S/C9H18ClNSi/c1-9(2,7-10)8-12-6-4-3-5-11/h3-4,6-8,12H2,1-2H3. The Kier molecular flexibility index (Phi) is 6.50. The molecule has 0 aromatic heterocycles. The highest BCUT2D eigenvalue weighted by Gasteiger charge is 2.15. The van der Waals surface area contributed by atoms with Gasteiger partial charge in [-0.25, -0.2) is 0 Å². The lowest BCUT2D eigenvalue weighted by Gasteiger charge is -2.20. The van der Waals surface area contributed by atoms with Crippen molar-refractivity contribution in [2.24, 2.45) is 5.41 Å². The zero-order valence-electron chi connectivity index (χ0n) is 8.07. The third-order valence-electron chi connectivity index (χ3n) is 2.00. The summed E-state index contributed by atoms with van der Waals surface area (Å²) in [6, 6.07) is 4.78. The summed E-state index contributed by atoms with van der Waals surface area (Å²) >= 11 is 5.80. The number of nitrogens with zero attached hydrogens (tertiary/aromatic N) is 1. The quantitative estimate of drug-likeness (QED) is 0.370. The molecule has 0 bridgehead atoms. The van der Waals surface area contributed by atoms with Crippen LogP contribution in [0, 0.1) is 16.7 Å². The van der Waals surface area contributed by atoms with Crippen LogP contribution in [0.5, 0.6) is 0 Å². The Balaban J connectivity index is 3.26. The molecule has 0 rings (SSSR count). The van der Waals surface area contributed by atoms with Crippen molar-refractivity contribution in [3.05, 3.63) is 0 Å². The van der Waals surface area contributed by atoms with E-state index in [0.29, 0.717) is 5.41 Å². The lowest BCUT2D eigenvalue weighted by Crippen LogP contribution is -2.15. The normalized spacial score (nSPS) is 12.2. The van der Waals surface area contributed by atoms with Crippen LogP contribution in [0.4, 0.5) is 0 Å². The molecule has 0 aliphatic carbocycles. The molecule has 0 saturated carbocycles. The molecule has 70 valence electrons. The molecule has 1 nitrogen and oxygen atoms in total. The second-order valence-corrected chi connectivity index (χ2v) is 6.20. The van der Waals surface area contributed by atoms with Gasteiger partial charge in [-0.15, -0.1) is 11.6 Å². The summed E-state index contributed by atoms with van der Waals surface area (Å²) in [5, 5.41) is 8.32. The van der Waals surface area contributed by atoms with Crippen molar-refractivity contribution in [3.8, 4) is 6.07 Å². The number of hydrogen-bond acceptors (Lipinski definition) is 1. The smallest absolute Gasteiger partial charge is 0.0621 e. The van der Waals surface area contributed by atoms with Gasteiger partial charge in [-0.3, -0.25) is 0 Å². The lowest BCUT2D eigenvalue weighted by molar-refractivity contribution is 0.474. The maximum atomic E-state index is 8.32. The maximum Gasteiger partial charge on any atom is 0.0621 e. The van der Waals surface area contributed by atoms with Gasteiger partial charge in [0.2, 0.25) is 0 Å². The summed E-state index contributed by atoms with van der Waals surface area (Å²) in [7, 11) is 0.0403. The number of nitriles is 1. The van der Waals surface area contributed by atoms with E-state index in [0.717, 1.165) is 18.7 Å². The fourth-order valence-corrected chi connectivity index (χ4v) is 3.40. The highest BCUT2D eigenvalue weighted by molar-refractivity contribution is 6.35. The van der Waals surface area contributed by atoms with E-state index in [-0.39, 0.29) is 9.52 Å². The number of rotatable bonds is 6. The first-order valence-corrected chi connectivity index (χ1v) is 7.09. The van der Waals surface area contributed by atoms with Gasteiger partial charge in [0.15, 0.2) is 0 Å². The first kappa shape index (κ1) is 12.0. The zero-order chi connectivity index (χ0) is 9.45. The predicted octanol–water partition coefficient (Wildman–Crippen LogP) is 2.56. The Labute approximate surface area is 82.9 Å². The van der Waals surface area contributed by atoms with Gasteiger partial charge in [0.1, 0.15) is 0 Å². The van der Waals surface area contributed by atoms with Crippen LogP contribution >= 0.6 is 11.6 Å². The number of halogens is 1. The van der Waals surface area contributed by atoms with Gasteiger partial charge in [0.25, 0.3) is 0 Å². The minimum atomic E-state index is 0.0403. The summed E-state index contributed by atoms with van der Waals surface area (Å²) in [6.07, 6.45) is 1.83. The molecule has 0 radical (unpaired) electrons. The molecule has 0 unspecified atom stereocenters. The Morgan fingerprint density at radius 3 is 2.67 bits per heavy atom. The maximum absolute atomic E-state index is 8.32. The van der Waals surface area contributed by atoms with Crippen LogP contribution in [0.25, 0.3) is 0 Å². The molecule has 0 N–H and O–H groups in total. The van der Waals surface area contributed by atoms with Gasteiger partial charge in [0, 0.05) is 21.8 Å². The summed E-state index contributed by atoms with van der Waals surface area (Å²) in [5.74, 6) is 0.762. The Morgan fingerprint density at radius 2 is 2.17 bits per heavy atom. The van der Waals surface area contributed by atoms with Crippen LogP contribution in [0.3, 0.4) is 0 Å². The molecule has 3 heteroatoms. The van der Waals surface area contributed by atoms with Crippen LogP contribution in [-0.2, 0) is 0 Å². The van der Waals surface area contributed by atoms with E-state index >= 15 is 0 Å². The van der Waals surface area contributed by atoms with Crippen molar-refractivity contribution < 1.29 is 0 Å². The lowest BCUT2D eigenvalue weighted by atomic mass is 10.0. The van der Waals surface area contributed by atoms with E-state index in [9.17, 15) is 0 Å². The van der Waals surface area contributed by atoms with E-state index in [4.69, 9.17) is 16.9 Å². The largest absolute Gasteiger partial charge is 0.198 e. The molecule has 0 fully saturated rings. The second kappa shape index (κ2) is 6.51. The van der Waals surface area contributed by atoms with E-state index < -0.39 is 0 Å². The molecule has 0 spiro atoms. The molecule has 0 saturated heterocycles. The highest BCUT2D eigenvalue weighted by Crippen LogP contribution is 2.22. The summed E-state index contributed by atoms with van der Waals surface area (Å²) in [6.45, 7) is 4.44. The average Bonchev–Trinajstić information content (AvgIpc) is 2.04. The van der Waals surface area contributed by atoms with Crippen molar-refractivity contribution >= 4 is 21.1 Å².